The van der Waals surface area contributed by atoms with Gasteiger partial charge in [0, 0.05) is 18.3 Å². The predicted molar refractivity (Wildman–Crippen MR) is 75.7 cm³/mol. The molecule has 1 aromatic heterocycles. The number of pyridine rings is 1. The van der Waals surface area contributed by atoms with E-state index in [1.54, 1.807) is 12.1 Å². The van der Waals surface area contributed by atoms with E-state index in [0.29, 0.717) is 28.2 Å². The number of benzene rings is 1. The number of fused-ring (bicyclic) bond motifs is 1. The van der Waals surface area contributed by atoms with Crippen molar-refractivity contribution >= 4 is 21.8 Å². The topological polar surface area (TPSA) is 60.5 Å². The van der Waals surface area contributed by atoms with Crippen LogP contribution in [0.25, 0.3) is 0 Å². The molecule has 1 aromatic carbocycles. The van der Waals surface area contributed by atoms with Crippen LogP contribution < -0.4 is 14.8 Å². The molecule has 0 saturated carbocycles. The Hall–Kier alpha value is -2.08. The maximum atomic E-state index is 12.0. The minimum absolute atomic E-state index is 0.179. The summed E-state index contributed by atoms with van der Waals surface area (Å²) < 4.78 is 11.4. The molecule has 6 heteroatoms. The normalized spacial score (nSPS) is 12.2. The fourth-order valence-electron chi connectivity index (χ4n) is 1.92. The Kier molecular flexibility index (Phi) is 3.56. The Morgan fingerprint density at radius 2 is 2.20 bits per heavy atom. The van der Waals surface area contributed by atoms with Gasteiger partial charge < -0.3 is 14.8 Å². The third-order valence-corrected chi connectivity index (χ3v) is 3.38. The molecule has 2 aromatic rings. The van der Waals surface area contributed by atoms with Crippen molar-refractivity contribution in [2.75, 3.05) is 6.79 Å². The van der Waals surface area contributed by atoms with E-state index in [0.717, 1.165) is 5.56 Å². The average molecular weight is 335 g/mol. The van der Waals surface area contributed by atoms with Gasteiger partial charge in [-0.1, -0.05) is 12.1 Å². The number of aromatic nitrogens is 1. The van der Waals surface area contributed by atoms with Gasteiger partial charge in [0.1, 0.15) is 4.60 Å². The molecule has 5 nitrogen and oxygen atoms in total. The van der Waals surface area contributed by atoms with E-state index in [1.165, 1.54) is 6.20 Å². The Bertz CT molecular complexity index is 643. The van der Waals surface area contributed by atoms with E-state index in [2.05, 4.69) is 26.2 Å². The predicted octanol–water partition coefficient (Wildman–Crippen LogP) is 2.50. The van der Waals surface area contributed by atoms with Gasteiger partial charge in [0.15, 0.2) is 11.5 Å². The molecule has 2 heterocycles. The third-order valence-electron chi connectivity index (χ3n) is 2.91. The highest BCUT2D eigenvalue weighted by Gasteiger charge is 2.17. The van der Waals surface area contributed by atoms with Gasteiger partial charge in [-0.2, -0.15) is 0 Å². The van der Waals surface area contributed by atoms with Crippen molar-refractivity contribution in [1.29, 1.82) is 0 Å². The molecule has 0 unspecified atom stereocenters. The van der Waals surface area contributed by atoms with E-state index in [-0.39, 0.29) is 12.7 Å². The molecule has 1 amide bonds. The van der Waals surface area contributed by atoms with Gasteiger partial charge in [-0.3, -0.25) is 4.79 Å². The number of halogens is 1. The van der Waals surface area contributed by atoms with Gasteiger partial charge in [0.25, 0.3) is 5.91 Å². The molecule has 1 aliphatic rings. The van der Waals surface area contributed by atoms with Crippen molar-refractivity contribution in [2.24, 2.45) is 0 Å². The average Bonchev–Trinajstić information content (AvgIpc) is 2.94. The molecular weight excluding hydrogens is 324 g/mol. The maximum Gasteiger partial charge on any atom is 0.253 e. The number of nitrogens with one attached hydrogen (secondary N) is 1. The molecule has 0 saturated heterocycles. The number of amides is 1. The Morgan fingerprint density at radius 3 is 3.00 bits per heavy atom. The summed E-state index contributed by atoms with van der Waals surface area (Å²) in [4.78, 5) is 16.0. The summed E-state index contributed by atoms with van der Waals surface area (Å²) in [6.45, 7) is 0.596. The van der Waals surface area contributed by atoms with Crippen molar-refractivity contribution < 1.29 is 14.3 Å². The summed E-state index contributed by atoms with van der Waals surface area (Å²) in [6, 6.07) is 9.05. The van der Waals surface area contributed by atoms with Crippen LogP contribution in [0.3, 0.4) is 0 Å². The summed E-state index contributed by atoms with van der Waals surface area (Å²) in [5.74, 6) is 1.23. The lowest BCUT2D eigenvalue weighted by atomic mass is 10.2. The summed E-state index contributed by atoms with van der Waals surface area (Å²) in [5.41, 5.74) is 1.40. The second kappa shape index (κ2) is 5.50. The molecule has 20 heavy (non-hydrogen) atoms. The lowest BCUT2D eigenvalue weighted by Crippen LogP contribution is -2.23. The van der Waals surface area contributed by atoms with E-state index in [9.17, 15) is 4.79 Å². The van der Waals surface area contributed by atoms with Crippen LogP contribution in [0.15, 0.2) is 41.1 Å². The summed E-state index contributed by atoms with van der Waals surface area (Å²) in [6.07, 6.45) is 1.52. The van der Waals surface area contributed by atoms with Crippen LogP contribution >= 0.6 is 15.9 Å². The molecule has 0 spiro atoms. The fraction of sp³-hybridized carbons (Fsp3) is 0.143. The Balaban J connectivity index is 1.69. The number of carbonyl (C=O) groups is 1. The maximum absolute atomic E-state index is 12.0. The largest absolute Gasteiger partial charge is 0.454 e. The van der Waals surface area contributed by atoms with Crippen LogP contribution in [-0.4, -0.2) is 17.7 Å². The number of hydrogen-bond acceptors (Lipinski definition) is 4. The second-order valence-corrected chi connectivity index (χ2v) is 5.02. The first-order valence-corrected chi connectivity index (χ1v) is 6.80. The van der Waals surface area contributed by atoms with E-state index < -0.39 is 0 Å². The quantitative estimate of drug-likeness (QED) is 0.876. The van der Waals surface area contributed by atoms with E-state index in [1.807, 2.05) is 18.2 Å². The van der Waals surface area contributed by atoms with Gasteiger partial charge in [-0.25, -0.2) is 4.98 Å². The zero-order valence-electron chi connectivity index (χ0n) is 10.4. The lowest BCUT2D eigenvalue weighted by Gasteiger charge is -2.07. The lowest BCUT2D eigenvalue weighted by molar-refractivity contribution is 0.0950. The van der Waals surface area contributed by atoms with Crippen LogP contribution in [0.5, 0.6) is 11.5 Å². The van der Waals surface area contributed by atoms with Gasteiger partial charge in [-0.15, -0.1) is 0 Å². The number of carbonyl (C=O) groups excluding carboxylic acids is 1. The zero-order chi connectivity index (χ0) is 13.9. The summed E-state index contributed by atoms with van der Waals surface area (Å²) >= 11 is 3.23. The van der Waals surface area contributed by atoms with E-state index >= 15 is 0 Å². The first-order valence-electron chi connectivity index (χ1n) is 6.01. The van der Waals surface area contributed by atoms with Crippen LogP contribution in [-0.2, 0) is 6.54 Å². The van der Waals surface area contributed by atoms with Crippen molar-refractivity contribution in [3.8, 4) is 11.5 Å². The molecule has 0 radical (unpaired) electrons. The number of rotatable bonds is 3. The van der Waals surface area contributed by atoms with Crippen LogP contribution in [0.4, 0.5) is 0 Å². The standard InChI is InChI=1S/C14H11BrN2O3/c15-12-5-4-10(7-16-12)14(18)17-6-9-2-1-3-11-13(9)20-8-19-11/h1-5,7H,6,8H2,(H,17,18). The van der Waals surface area contributed by atoms with Gasteiger partial charge >= 0.3 is 0 Å². The van der Waals surface area contributed by atoms with Gasteiger partial charge in [-0.05, 0) is 34.1 Å². The monoisotopic (exact) mass is 334 g/mol. The molecular formula is C14H11BrN2O3. The number of hydrogen-bond donors (Lipinski definition) is 1. The van der Waals surface area contributed by atoms with E-state index in [4.69, 9.17) is 9.47 Å². The summed E-state index contributed by atoms with van der Waals surface area (Å²) in [7, 11) is 0. The van der Waals surface area contributed by atoms with Crippen LogP contribution in [0, 0.1) is 0 Å². The molecule has 1 N–H and O–H groups in total. The molecule has 3 rings (SSSR count). The first kappa shape index (κ1) is 12.9. The minimum Gasteiger partial charge on any atom is -0.454 e. The van der Waals surface area contributed by atoms with Crippen molar-refractivity contribution in [3.05, 3.63) is 52.3 Å². The first-order chi connectivity index (χ1) is 9.74. The zero-order valence-corrected chi connectivity index (χ0v) is 12.0. The molecule has 0 aliphatic carbocycles. The van der Waals surface area contributed by atoms with Gasteiger partial charge in [0.2, 0.25) is 6.79 Å². The summed E-state index contributed by atoms with van der Waals surface area (Å²) in [5, 5.41) is 2.83. The molecule has 0 fully saturated rings. The van der Waals surface area contributed by atoms with Gasteiger partial charge in [0.05, 0.1) is 5.56 Å². The number of nitrogens with zero attached hydrogens (tertiary/aromatic N) is 1. The Morgan fingerprint density at radius 1 is 1.30 bits per heavy atom. The van der Waals surface area contributed by atoms with Crippen LogP contribution in [0.2, 0.25) is 0 Å². The minimum atomic E-state index is -0.179. The smallest absolute Gasteiger partial charge is 0.253 e. The highest BCUT2D eigenvalue weighted by molar-refractivity contribution is 9.10. The Labute approximate surface area is 124 Å². The molecule has 1 aliphatic heterocycles. The highest BCUT2D eigenvalue weighted by atomic mass is 79.9. The van der Waals surface area contributed by atoms with Crippen molar-refractivity contribution in [3.63, 3.8) is 0 Å². The number of ether oxygens (including phenoxy) is 2. The molecule has 102 valence electrons. The van der Waals surface area contributed by atoms with Crippen LogP contribution in [0.1, 0.15) is 15.9 Å². The second-order valence-electron chi connectivity index (χ2n) is 4.20. The SMILES string of the molecule is O=C(NCc1cccc2c1OCO2)c1ccc(Br)nc1. The highest BCUT2D eigenvalue weighted by Crippen LogP contribution is 2.35. The van der Waals surface area contributed by atoms with Crippen molar-refractivity contribution in [2.45, 2.75) is 6.54 Å². The molecule has 0 bridgehead atoms. The third kappa shape index (κ3) is 2.60. The fourth-order valence-corrected chi connectivity index (χ4v) is 2.15. The molecule has 0 atom stereocenters. The number of para-hydroxylation sites is 1. The van der Waals surface area contributed by atoms with Crippen molar-refractivity contribution in [1.82, 2.24) is 10.3 Å².